The minimum Gasteiger partial charge on any atom is -0.321 e. The number of nitrogens with zero attached hydrogens (tertiary/aromatic N) is 2. The Morgan fingerprint density at radius 3 is 2.46 bits per heavy atom. The second-order valence-electron chi connectivity index (χ2n) is 5.94. The summed E-state index contributed by atoms with van der Waals surface area (Å²) in [6.45, 7) is 6.35. The number of carbonyl (C=O) groups excluding carboxylic acids is 1. The lowest BCUT2D eigenvalue weighted by molar-refractivity contribution is 0.102. The van der Waals surface area contributed by atoms with Crippen LogP contribution in [0, 0.1) is 0 Å². The van der Waals surface area contributed by atoms with Crippen molar-refractivity contribution in [2.24, 2.45) is 0 Å². The van der Waals surface area contributed by atoms with Gasteiger partial charge in [-0.25, -0.2) is 4.98 Å². The minimum atomic E-state index is -0.154. The molecule has 1 aromatic carbocycles. The van der Waals surface area contributed by atoms with E-state index in [1.54, 1.807) is 11.3 Å². The summed E-state index contributed by atoms with van der Waals surface area (Å²) in [6.07, 6.45) is 4.66. The molecule has 0 radical (unpaired) electrons. The van der Waals surface area contributed by atoms with E-state index in [2.05, 4.69) is 24.1 Å². The highest BCUT2D eigenvalue weighted by molar-refractivity contribution is 7.14. The molecule has 0 spiro atoms. The highest BCUT2D eigenvalue weighted by Crippen LogP contribution is 2.24. The number of rotatable bonds is 5. The Kier molecular flexibility index (Phi) is 4.81. The van der Waals surface area contributed by atoms with Gasteiger partial charge in [-0.1, -0.05) is 32.9 Å². The first kappa shape index (κ1) is 16.5. The minimum absolute atomic E-state index is 0.154. The Hall–Kier alpha value is -2.40. The van der Waals surface area contributed by atoms with E-state index < -0.39 is 0 Å². The largest absolute Gasteiger partial charge is 0.321 e. The quantitative estimate of drug-likeness (QED) is 0.721. The Balaban J connectivity index is 1.81. The molecule has 0 saturated carbocycles. The average Bonchev–Trinajstić information content (AvgIpc) is 3.24. The van der Waals surface area contributed by atoms with Gasteiger partial charge in [0.05, 0.1) is 0 Å². The molecule has 124 valence electrons. The van der Waals surface area contributed by atoms with Gasteiger partial charge >= 0.3 is 0 Å². The summed E-state index contributed by atoms with van der Waals surface area (Å²) in [4.78, 5) is 18.1. The summed E-state index contributed by atoms with van der Waals surface area (Å²) in [7, 11) is 0. The van der Waals surface area contributed by atoms with Crippen LogP contribution in [0.3, 0.4) is 0 Å². The number of nitrogens with one attached hydrogen (secondary N) is 1. The summed E-state index contributed by atoms with van der Waals surface area (Å²) in [5.74, 6) is 0.322. The summed E-state index contributed by atoms with van der Waals surface area (Å²) in [6, 6.07) is 11.9. The third kappa shape index (κ3) is 3.41. The number of carbonyl (C=O) groups is 1. The van der Waals surface area contributed by atoms with Crippen LogP contribution in [0.15, 0.2) is 48.8 Å². The topological polar surface area (TPSA) is 46.9 Å². The molecule has 0 aliphatic carbocycles. The lowest BCUT2D eigenvalue weighted by atomic mass is 10.0. The Morgan fingerprint density at radius 1 is 1.21 bits per heavy atom. The van der Waals surface area contributed by atoms with Gasteiger partial charge in [-0.3, -0.25) is 4.79 Å². The van der Waals surface area contributed by atoms with E-state index in [-0.39, 0.29) is 5.91 Å². The van der Waals surface area contributed by atoms with Gasteiger partial charge in [-0.05, 0) is 42.2 Å². The molecule has 1 amide bonds. The van der Waals surface area contributed by atoms with Gasteiger partial charge in [0.2, 0.25) is 0 Å². The first-order chi connectivity index (χ1) is 11.6. The summed E-state index contributed by atoms with van der Waals surface area (Å²) in [5, 5.41) is 3.77. The van der Waals surface area contributed by atoms with Crippen LogP contribution in [0.1, 0.15) is 47.6 Å². The fraction of sp³-hybridized carbons (Fsp3) is 0.263. The predicted molar refractivity (Wildman–Crippen MR) is 99.3 cm³/mol. The molecular weight excluding hydrogens is 318 g/mol. The van der Waals surface area contributed by atoms with E-state index in [9.17, 15) is 4.79 Å². The molecular formula is C19H21N3OS. The fourth-order valence-electron chi connectivity index (χ4n) is 2.47. The van der Waals surface area contributed by atoms with Crippen LogP contribution in [0.4, 0.5) is 5.69 Å². The monoisotopic (exact) mass is 339 g/mol. The van der Waals surface area contributed by atoms with Gasteiger partial charge in [0.25, 0.3) is 5.91 Å². The molecule has 2 heterocycles. The molecule has 0 aliphatic rings. The molecule has 24 heavy (non-hydrogen) atoms. The van der Waals surface area contributed by atoms with Crippen LogP contribution in [0.2, 0.25) is 0 Å². The predicted octanol–water partition coefficient (Wildman–Crippen LogP) is 4.87. The van der Waals surface area contributed by atoms with Gasteiger partial charge < -0.3 is 9.88 Å². The standard InChI is InChI=1S/C19H21N3OS/c1-4-16-17(21-19(24-16)22-11-5-6-12-22)18(23)20-15-9-7-14(8-10-15)13(2)3/h5-13H,4H2,1-3H3,(H,20,23). The van der Waals surface area contributed by atoms with Crippen molar-refractivity contribution in [1.29, 1.82) is 0 Å². The third-order valence-electron chi connectivity index (χ3n) is 3.88. The van der Waals surface area contributed by atoms with E-state index >= 15 is 0 Å². The summed E-state index contributed by atoms with van der Waals surface area (Å²) in [5.41, 5.74) is 2.56. The first-order valence-electron chi connectivity index (χ1n) is 8.12. The van der Waals surface area contributed by atoms with Crippen LogP contribution in [0.25, 0.3) is 5.13 Å². The SMILES string of the molecule is CCc1sc(-n2cccc2)nc1C(=O)Nc1ccc(C(C)C)cc1. The Bertz CT molecular complexity index is 817. The molecule has 0 fully saturated rings. The van der Waals surface area contributed by atoms with E-state index in [1.807, 2.05) is 60.3 Å². The maximum atomic E-state index is 12.6. The maximum absolute atomic E-state index is 12.6. The molecule has 0 atom stereocenters. The second-order valence-corrected chi connectivity index (χ2v) is 7.00. The third-order valence-corrected chi connectivity index (χ3v) is 5.10. The number of hydrogen-bond donors (Lipinski definition) is 1. The zero-order valence-electron chi connectivity index (χ0n) is 14.1. The zero-order chi connectivity index (χ0) is 17.1. The van der Waals surface area contributed by atoms with Gasteiger partial charge in [0.15, 0.2) is 5.13 Å². The number of amides is 1. The molecule has 2 aromatic heterocycles. The van der Waals surface area contributed by atoms with Crippen molar-refractivity contribution < 1.29 is 4.79 Å². The van der Waals surface area contributed by atoms with Crippen molar-refractivity contribution in [1.82, 2.24) is 9.55 Å². The number of anilines is 1. The normalized spacial score (nSPS) is 11.0. The van der Waals surface area contributed by atoms with E-state index in [1.165, 1.54) is 5.56 Å². The lowest BCUT2D eigenvalue weighted by Crippen LogP contribution is -2.14. The lowest BCUT2D eigenvalue weighted by Gasteiger charge is -2.08. The highest BCUT2D eigenvalue weighted by Gasteiger charge is 2.18. The van der Waals surface area contributed by atoms with E-state index in [4.69, 9.17) is 0 Å². The number of thiazole rings is 1. The van der Waals surface area contributed by atoms with Gasteiger partial charge in [0.1, 0.15) is 5.69 Å². The number of aromatic nitrogens is 2. The number of benzene rings is 1. The van der Waals surface area contributed by atoms with Crippen molar-refractivity contribution in [2.75, 3.05) is 5.32 Å². The van der Waals surface area contributed by atoms with Crippen LogP contribution in [-0.2, 0) is 6.42 Å². The number of hydrogen-bond acceptors (Lipinski definition) is 3. The van der Waals surface area contributed by atoms with Crippen LogP contribution < -0.4 is 5.32 Å². The van der Waals surface area contributed by atoms with Crippen molar-refractivity contribution in [3.63, 3.8) is 0 Å². The molecule has 0 saturated heterocycles. The van der Waals surface area contributed by atoms with Crippen molar-refractivity contribution in [3.05, 3.63) is 64.9 Å². The van der Waals surface area contributed by atoms with Gasteiger partial charge in [-0.2, -0.15) is 0 Å². The molecule has 3 rings (SSSR count). The first-order valence-corrected chi connectivity index (χ1v) is 8.94. The fourth-order valence-corrected chi connectivity index (χ4v) is 3.43. The van der Waals surface area contributed by atoms with Crippen molar-refractivity contribution >= 4 is 22.9 Å². The van der Waals surface area contributed by atoms with Crippen LogP contribution in [-0.4, -0.2) is 15.5 Å². The smallest absolute Gasteiger partial charge is 0.275 e. The van der Waals surface area contributed by atoms with Gasteiger partial charge in [-0.15, -0.1) is 11.3 Å². The summed E-state index contributed by atoms with van der Waals surface area (Å²) < 4.78 is 1.93. The van der Waals surface area contributed by atoms with E-state index in [0.29, 0.717) is 11.6 Å². The highest BCUT2D eigenvalue weighted by atomic mass is 32.1. The Morgan fingerprint density at radius 2 is 1.88 bits per heavy atom. The Labute approximate surface area is 146 Å². The summed E-state index contributed by atoms with van der Waals surface area (Å²) >= 11 is 1.55. The zero-order valence-corrected chi connectivity index (χ0v) is 14.9. The second kappa shape index (κ2) is 7.01. The molecule has 3 aromatic rings. The molecule has 5 heteroatoms. The molecule has 0 bridgehead atoms. The van der Waals surface area contributed by atoms with Crippen molar-refractivity contribution in [2.45, 2.75) is 33.1 Å². The molecule has 0 aliphatic heterocycles. The maximum Gasteiger partial charge on any atom is 0.275 e. The number of aryl methyl sites for hydroxylation is 1. The molecule has 0 unspecified atom stereocenters. The average molecular weight is 339 g/mol. The van der Waals surface area contributed by atoms with E-state index in [0.717, 1.165) is 22.1 Å². The molecule has 4 nitrogen and oxygen atoms in total. The van der Waals surface area contributed by atoms with Crippen LogP contribution >= 0.6 is 11.3 Å². The van der Waals surface area contributed by atoms with Crippen molar-refractivity contribution in [3.8, 4) is 5.13 Å². The van der Waals surface area contributed by atoms with Gasteiger partial charge in [0, 0.05) is 23.0 Å². The van der Waals surface area contributed by atoms with Crippen LogP contribution in [0.5, 0.6) is 0 Å². The molecule has 1 N–H and O–H groups in total.